The summed E-state index contributed by atoms with van der Waals surface area (Å²) >= 11 is 3.45. The van der Waals surface area contributed by atoms with E-state index in [9.17, 15) is 0 Å². The number of ether oxygens (including phenoxy) is 2. The van der Waals surface area contributed by atoms with Gasteiger partial charge in [0.15, 0.2) is 11.6 Å². The maximum atomic E-state index is 5.34. The SMILES string of the molecule is COc1c(Br)ccnc1N1CCOCC1. The van der Waals surface area contributed by atoms with Crippen LogP contribution in [0.4, 0.5) is 5.82 Å². The van der Waals surface area contributed by atoms with Gasteiger partial charge < -0.3 is 14.4 Å². The first-order chi connectivity index (χ1) is 7.33. The summed E-state index contributed by atoms with van der Waals surface area (Å²) in [6.45, 7) is 3.22. The summed E-state index contributed by atoms with van der Waals surface area (Å²) in [4.78, 5) is 6.52. The molecular weight excluding hydrogens is 260 g/mol. The van der Waals surface area contributed by atoms with Crippen molar-refractivity contribution in [3.05, 3.63) is 16.7 Å². The zero-order valence-corrected chi connectivity index (χ0v) is 10.2. The van der Waals surface area contributed by atoms with E-state index in [-0.39, 0.29) is 0 Å². The maximum absolute atomic E-state index is 5.34. The lowest BCUT2D eigenvalue weighted by molar-refractivity contribution is 0.122. The fourth-order valence-electron chi connectivity index (χ4n) is 1.60. The normalized spacial score (nSPS) is 16.5. The van der Waals surface area contributed by atoms with E-state index in [0.717, 1.165) is 42.3 Å². The van der Waals surface area contributed by atoms with Gasteiger partial charge in [0.2, 0.25) is 0 Å². The molecular formula is C10H13BrN2O2. The number of aromatic nitrogens is 1. The van der Waals surface area contributed by atoms with E-state index in [1.165, 1.54) is 0 Å². The van der Waals surface area contributed by atoms with E-state index in [4.69, 9.17) is 9.47 Å². The van der Waals surface area contributed by atoms with Gasteiger partial charge in [-0.2, -0.15) is 0 Å². The molecule has 0 aliphatic carbocycles. The lowest BCUT2D eigenvalue weighted by Crippen LogP contribution is -2.37. The summed E-state index contributed by atoms with van der Waals surface area (Å²) in [6, 6.07) is 1.88. The molecule has 2 heterocycles. The van der Waals surface area contributed by atoms with Crippen molar-refractivity contribution in [2.75, 3.05) is 38.3 Å². The minimum Gasteiger partial charge on any atom is -0.492 e. The van der Waals surface area contributed by atoms with Crippen molar-refractivity contribution in [1.82, 2.24) is 4.98 Å². The predicted molar refractivity (Wildman–Crippen MR) is 61.5 cm³/mol. The molecule has 1 aliphatic rings. The molecule has 0 N–H and O–H groups in total. The van der Waals surface area contributed by atoms with Crippen LogP contribution < -0.4 is 9.64 Å². The second kappa shape index (κ2) is 4.81. The quantitative estimate of drug-likeness (QED) is 0.821. The highest BCUT2D eigenvalue weighted by Gasteiger charge is 2.18. The summed E-state index contributed by atoms with van der Waals surface area (Å²) in [5, 5.41) is 0. The fraction of sp³-hybridized carbons (Fsp3) is 0.500. The molecule has 15 heavy (non-hydrogen) atoms. The lowest BCUT2D eigenvalue weighted by Gasteiger charge is -2.29. The topological polar surface area (TPSA) is 34.6 Å². The van der Waals surface area contributed by atoms with Gasteiger partial charge in [-0.15, -0.1) is 0 Å². The van der Waals surface area contributed by atoms with Crippen molar-refractivity contribution in [2.45, 2.75) is 0 Å². The first-order valence-corrected chi connectivity index (χ1v) is 5.63. The molecule has 0 saturated carbocycles. The minimum atomic E-state index is 0.747. The van der Waals surface area contributed by atoms with Gasteiger partial charge in [0.05, 0.1) is 24.8 Å². The van der Waals surface area contributed by atoms with Crippen LogP contribution in [0.15, 0.2) is 16.7 Å². The summed E-state index contributed by atoms with van der Waals surface area (Å²) < 4.78 is 11.6. The number of halogens is 1. The second-order valence-corrected chi connectivity index (χ2v) is 4.10. The lowest BCUT2D eigenvalue weighted by atomic mass is 10.3. The van der Waals surface area contributed by atoms with Gasteiger partial charge in [-0.3, -0.25) is 0 Å². The Labute approximate surface area is 97.3 Å². The number of hydrogen-bond donors (Lipinski definition) is 0. The molecule has 0 aromatic carbocycles. The minimum absolute atomic E-state index is 0.747. The van der Waals surface area contributed by atoms with Crippen LogP contribution in [0.5, 0.6) is 5.75 Å². The Morgan fingerprint density at radius 1 is 1.47 bits per heavy atom. The molecule has 1 saturated heterocycles. The smallest absolute Gasteiger partial charge is 0.175 e. The van der Waals surface area contributed by atoms with Crippen molar-refractivity contribution in [1.29, 1.82) is 0 Å². The molecule has 4 nitrogen and oxygen atoms in total. The van der Waals surface area contributed by atoms with Gasteiger partial charge in [-0.25, -0.2) is 4.98 Å². The molecule has 0 unspecified atom stereocenters. The Morgan fingerprint density at radius 2 is 2.20 bits per heavy atom. The number of anilines is 1. The molecule has 0 radical (unpaired) electrons. The Bertz CT molecular complexity index is 340. The van der Waals surface area contributed by atoms with Crippen LogP contribution in [-0.4, -0.2) is 38.4 Å². The van der Waals surface area contributed by atoms with Crippen LogP contribution in [0.3, 0.4) is 0 Å². The van der Waals surface area contributed by atoms with E-state index in [1.54, 1.807) is 13.3 Å². The zero-order chi connectivity index (χ0) is 10.7. The maximum Gasteiger partial charge on any atom is 0.175 e. The molecule has 0 amide bonds. The summed E-state index contributed by atoms with van der Waals surface area (Å²) in [6.07, 6.45) is 1.78. The average molecular weight is 273 g/mol. The zero-order valence-electron chi connectivity index (χ0n) is 8.57. The fourth-order valence-corrected chi connectivity index (χ4v) is 2.06. The van der Waals surface area contributed by atoms with E-state index >= 15 is 0 Å². The van der Waals surface area contributed by atoms with Crippen LogP contribution >= 0.6 is 15.9 Å². The van der Waals surface area contributed by atoms with Crippen molar-refractivity contribution < 1.29 is 9.47 Å². The second-order valence-electron chi connectivity index (χ2n) is 3.25. The molecule has 1 fully saturated rings. The highest BCUT2D eigenvalue weighted by molar-refractivity contribution is 9.10. The van der Waals surface area contributed by atoms with E-state index < -0.39 is 0 Å². The number of pyridine rings is 1. The number of nitrogens with zero attached hydrogens (tertiary/aromatic N) is 2. The monoisotopic (exact) mass is 272 g/mol. The van der Waals surface area contributed by atoms with E-state index in [1.807, 2.05) is 6.07 Å². The Balaban J connectivity index is 2.29. The molecule has 0 spiro atoms. The summed E-state index contributed by atoms with van der Waals surface area (Å²) in [7, 11) is 1.66. The molecule has 1 aliphatic heterocycles. The highest BCUT2D eigenvalue weighted by atomic mass is 79.9. The van der Waals surface area contributed by atoms with Crippen LogP contribution in [0.25, 0.3) is 0 Å². The van der Waals surface area contributed by atoms with Gasteiger partial charge in [-0.1, -0.05) is 0 Å². The third kappa shape index (κ3) is 2.23. The standard InChI is InChI=1S/C10H13BrN2O2/c1-14-9-8(11)2-3-12-10(9)13-4-6-15-7-5-13/h2-3H,4-7H2,1H3. The number of hydrogen-bond acceptors (Lipinski definition) is 4. The molecule has 0 atom stereocenters. The van der Waals surface area contributed by atoms with Crippen molar-refractivity contribution in [3.8, 4) is 5.75 Å². The number of morpholine rings is 1. The number of methoxy groups -OCH3 is 1. The third-order valence-electron chi connectivity index (χ3n) is 2.35. The van der Waals surface area contributed by atoms with Gasteiger partial charge in [0, 0.05) is 19.3 Å². The predicted octanol–water partition coefficient (Wildman–Crippen LogP) is 1.69. The van der Waals surface area contributed by atoms with E-state index in [2.05, 4.69) is 25.8 Å². The van der Waals surface area contributed by atoms with Crippen LogP contribution in [0.2, 0.25) is 0 Å². The molecule has 2 rings (SSSR count). The molecule has 1 aromatic rings. The Morgan fingerprint density at radius 3 is 2.87 bits per heavy atom. The van der Waals surface area contributed by atoms with Gasteiger partial charge in [-0.05, 0) is 22.0 Å². The van der Waals surface area contributed by atoms with Crippen molar-refractivity contribution in [2.24, 2.45) is 0 Å². The highest BCUT2D eigenvalue weighted by Crippen LogP contribution is 2.33. The van der Waals surface area contributed by atoms with Crippen molar-refractivity contribution >= 4 is 21.7 Å². The van der Waals surface area contributed by atoms with Crippen molar-refractivity contribution in [3.63, 3.8) is 0 Å². The molecule has 5 heteroatoms. The van der Waals surface area contributed by atoms with Crippen LogP contribution in [-0.2, 0) is 4.74 Å². The molecule has 82 valence electrons. The first kappa shape index (κ1) is 10.7. The summed E-state index contributed by atoms with van der Waals surface area (Å²) in [5.41, 5.74) is 0. The number of rotatable bonds is 2. The van der Waals surface area contributed by atoms with E-state index in [0.29, 0.717) is 0 Å². The molecule has 0 bridgehead atoms. The molecule has 1 aromatic heterocycles. The summed E-state index contributed by atoms with van der Waals surface area (Å²) in [5.74, 6) is 1.68. The Hall–Kier alpha value is -0.810. The van der Waals surface area contributed by atoms with Gasteiger partial charge in [0.25, 0.3) is 0 Å². The first-order valence-electron chi connectivity index (χ1n) is 4.84. The van der Waals surface area contributed by atoms with Crippen LogP contribution in [0.1, 0.15) is 0 Å². The van der Waals surface area contributed by atoms with Gasteiger partial charge in [0.1, 0.15) is 0 Å². The third-order valence-corrected chi connectivity index (χ3v) is 2.98. The van der Waals surface area contributed by atoms with Gasteiger partial charge >= 0.3 is 0 Å². The van der Waals surface area contributed by atoms with Crippen LogP contribution in [0, 0.1) is 0 Å². The average Bonchev–Trinajstić information content (AvgIpc) is 2.30. The Kier molecular flexibility index (Phi) is 3.43. The largest absolute Gasteiger partial charge is 0.492 e.